The van der Waals surface area contributed by atoms with Crippen LogP contribution in [0.25, 0.3) is 0 Å². The smallest absolute Gasteiger partial charge is 0.315 e. The molecule has 0 aliphatic rings. The highest BCUT2D eigenvalue weighted by Crippen LogP contribution is 2.38. The third-order valence-corrected chi connectivity index (χ3v) is 5.86. The monoisotopic (exact) mass is 449 g/mol. The van der Waals surface area contributed by atoms with Crippen molar-refractivity contribution in [2.45, 2.75) is 44.9 Å². The lowest BCUT2D eigenvalue weighted by atomic mass is 10.1. The standard InChI is InChI=1S/C21H27N3O6S/c1-5-6-7-10-30-21-19(24(25)26)12-17(13-20(21)29-4)14-22-23-31(27,28)18-9-8-15(2)16(3)11-18/h8-9,11-14,23H,5-7,10H2,1-4H3/b22-14+. The summed E-state index contributed by atoms with van der Waals surface area (Å²) in [6, 6.07) is 7.49. The van der Waals surface area contributed by atoms with Crippen LogP contribution in [0.2, 0.25) is 0 Å². The molecule has 9 nitrogen and oxygen atoms in total. The number of sulfonamides is 1. The van der Waals surface area contributed by atoms with Crippen LogP contribution in [0, 0.1) is 24.0 Å². The number of nitro groups is 1. The van der Waals surface area contributed by atoms with Gasteiger partial charge >= 0.3 is 5.69 Å². The maximum Gasteiger partial charge on any atom is 0.315 e. The molecule has 0 saturated carbocycles. The fourth-order valence-corrected chi connectivity index (χ4v) is 3.62. The van der Waals surface area contributed by atoms with Crippen molar-refractivity contribution in [3.63, 3.8) is 0 Å². The van der Waals surface area contributed by atoms with Gasteiger partial charge in [0.05, 0.1) is 29.8 Å². The number of hydrogen-bond acceptors (Lipinski definition) is 7. The first-order valence-electron chi connectivity index (χ1n) is 9.81. The zero-order chi connectivity index (χ0) is 23.0. The third-order valence-electron chi connectivity index (χ3n) is 4.64. The average Bonchev–Trinajstić information content (AvgIpc) is 2.73. The molecule has 0 radical (unpaired) electrons. The number of hydrazone groups is 1. The zero-order valence-electron chi connectivity index (χ0n) is 18.0. The molecule has 168 valence electrons. The van der Waals surface area contributed by atoms with Gasteiger partial charge in [0.1, 0.15) is 0 Å². The Labute approximate surface area is 182 Å². The first kappa shape index (κ1) is 24.1. The minimum atomic E-state index is -3.88. The molecule has 2 aromatic rings. The van der Waals surface area contributed by atoms with Gasteiger partial charge in [0.15, 0.2) is 5.75 Å². The normalized spacial score (nSPS) is 11.5. The summed E-state index contributed by atoms with van der Waals surface area (Å²) in [6.07, 6.45) is 3.88. The van der Waals surface area contributed by atoms with Gasteiger partial charge in [-0.1, -0.05) is 25.8 Å². The van der Waals surface area contributed by atoms with E-state index < -0.39 is 14.9 Å². The van der Waals surface area contributed by atoms with Crippen molar-refractivity contribution in [3.8, 4) is 11.5 Å². The van der Waals surface area contributed by atoms with Gasteiger partial charge in [0.2, 0.25) is 5.75 Å². The van der Waals surface area contributed by atoms with Crippen molar-refractivity contribution >= 4 is 21.9 Å². The first-order chi connectivity index (χ1) is 14.7. The fourth-order valence-electron chi connectivity index (χ4n) is 2.75. The Hall–Kier alpha value is -3.14. The largest absolute Gasteiger partial charge is 0.493 e. The Balaban J connectivity index is 2.25. The first-order valence-corrected chi connectivity index (χ1v) is 11.3. The number of unbranched alkanes of at least 4 members (excludes halogenated alkanes) is 2. The molecule has 0 amide bonds. The molecule has 0 aliphatic heterocycles. The quantitative estimate of drug-likeness (QED) is 0.239. The molecule has 0 aromatic heterocycles. The Morgan fingerprint density at radius 1 is 1.16 bits per heavy atom. The summed E-state index contributed by atoms with van der Waals surface area (Å²) in [7, 11) is -2.50. The molecule has 0 bridgehead atoms. The van der Waals surface area contributed by atoms with Crippen molar-refractivity contribution in [2.24, 2.45) is 5.10 Å². The second-order valence-electron chi connectivity index (χ2n) is 6.98. The highest BCUT2D eigenvalue weighted by Gasteiger charge is 2.22. The number of hydrogen-bond donors (Lipinski definition) is 1. The van der Waals surface area contributed by atoms with E-state index in [0.717, 1.165) is 30.4 Å². The number of nitrogens with one attached hydrogen (secondary N) is 1. The number of aryl methyl sites for hydroxylation is 2. The Kier molecular flexibility index (Phi) is 8.38. The summed E-state index contributed by atoms with van der Waals surface area (Å²) >= 11 is 0. The molecule has 0 unspecified atom stereocenters. The van der Waals surface area contributed by atoms with Crippen LogP contribution in [-0.2, 0) is 10.0 Å². The molecule has 10 heteroatoms. The molecular weight excluding hydrogens is 422 g/mol. The maximum atomic E-state index is 12.4. The van der Waals surface area contributed by atoms with E-state index >= 15 is 0 Å². The highest BCUT2D eigenvalue weighted by atomic mass is 32.2. The van der Waals surface area contributed by atoms with Crippen molar-refractivity contribution < 1.29 is 22.8 Å². The molecule has 2 rings (SSSR count). The van der Waals surface area contributed by atoms with Gasteiger partial charge in [-0.05, 0) is 49.6 Å². The summed E-state index contributed by atoms with van der Waals surface area (Å²) in [5.41, 5.74) is 1.81. The number of rotatable bonds is 11. The maximum absolute atomic E-state index is 12.4. The van der Waals surface area contributed by atoms with E-state index in [0.29, 0.717) is 6.61 Å². The van der Waals surface area contributed by atoms with Gasteiger partial charge in [0.25, 0.3) is 10.0 Å². The lowest BCUT2D eigenvalue weighted by Crippen LogP contribution is -2.18. The Bertz CT molecular complexity index is 1070. The molecule has 0 aliphatic carbocycles. The molecule has 0 spiro atoms. The molecule has 1 N–H and O–H groups in total. The van der Waals surface area contributed by atoms with Crippen molar-refractivity contribution in [2.75, 3.05) is 13.7 Å². The fraction of sp³-hybridized carbons (Fsp3) is 0.381. The number of nitro benzene ring substituents is 1. The molecule has 0 fully saturated rings. The van der Waals surface area contributed by atoms with Crippen molar-refractivity contribution in [1.29, 1.82) is 0 Å². The van der Waals surface area contributed by atoms with Gasteiger partial charge in [-0.2, -0.15) is 13.5 Å². The van der Waals surface area contributed by atoms with Crippen LogP contribution in [0.4, 0.5) is 5.69 Å². The highest BCUT2D eigenvalue weighted by molar-refractivity contribution is 7.89. The lowest BCUT2D eigenvalue weighted by molar-refractivity contribution is -0.386. The average molecular weight is 450 g/mol. The SMILES string of the molecule is CCCCCOc1c(OC)cc(/C=N/NS(=O)(=O)c2ccc(C)c(C)c2)cc1[N+](=O)[O-]. The number of benzene rings is 2. The van der Waals surface area contributed by atoms with E-state index in [-0.39, 0.29) is 27.6 Å². The minimum absolute atomic E-state index is 0.0384. The summed E-state index contributed by atoms with van der Waals surface area (Å²) in [5.74, 6) is 0.209. The number of methoxy groups -OCH3 is 1. The van der Waals surface area contributed by atoms with E-state index in [9.17, 15) is 18.5 Å². The van der Waals surface area contributed by atoms with E-state index in [1.165, 1.54) is 31.5 Å². The molecular formula is C21H27N3O6S. The van der Waals surface area contributed by atoms with Crippen LogP contribution in [0.5, 0.6) is 11.5 Å². The molecule has 0 heterocycles. The minimum Gasteiger partial charge on any atom is -0.493 e. The van der Waals surface area contributed by atoms with Crippen LogP contribution in [0.15, 0.2) is 40.3 Å². The number of nitrogens with zero attached hydrogens (tertiary/aromatic N) is 2. The molecule has 2 aromatic carbocycles. The van der Waals surface area contributed by atoms with Gasteiger partial charge in [0, 0.05) is 11.6 Å². The van der Waals surface area contributed by atoms with Crippen LogP contribution < -0.4 is 14.3 Å². The van der Waals surface area contributed by atoms with E-state index in [2.05, 4.69) is 9.93 Å². The van der Waals surface area contributed by atoms with E-state index in [1.807, 2.05) is 20.8 Å². The predicted octanol–water partition coefficient (Wildman–Crippen LogP) is 4.10. The van der Waals surface area contributed by atoms with Gasteiger partial charge in [-0.3, -0.25) is 10.1 Å². The summed E-state index contributed by atoms with van der Waals surface area (Å²) in [4.78, 5) is 13.1. The van der Waals surface area contributed by atoms with Crippen LogP contribution in [-0.4, -0.2) is 33.3 Å². The van der Waals surface area contributed by atoms with Crippen LogP contribution >= 0.6 is 0 Å². The molecule has 31 heavy (non-hydrogen) atoms. The third kappa shape index (κ3) is 6.42. The second kappa shape index (κ2) is 10.8. The second-order valence-corrected chi connectivity index (χ2v) is 8.64. The topological polar surface area (TPSA) is 120 Å². The van der Waals surface area contributed by atoms with Crippen molar-refractivity contribution in [3.05, 3.63) is 57.1 Å². The van der Waals surface area contributed by atoms with E-state index in [1.54, 1.807) is 12.1 Å². The molecule has 0 atom stereocenters. The van der Waals surface area contributed by atoms with E-state index in [4.69, 9.17) is 9.47 Å². The van der Waals surface area contributed by atoms with Crippen molar-refractivity contribution in [1.82, 2.24) is 4.83 Å². The summed E-state index contributed by atoms with van der Waals surface area (Å²) in [6.45, 7) is 6.07. The van der Waals surface area contributed by atoms with Gasteiger partial charge in [-0.25, -0.2) is 4.83 Å². The molecule has 0 saturated heterocycles. The predicted molar refractivity (Wildman–Crippen MR) is 118 cm³/mol. The number of ether oxygens (including phenoxy) is 2. The summed E-state index contributed by atoms with van der Waals surface area (Å²) in [5, 5.41) is 15.3. The Morgan fingerprint density at radius 3 is 2.52 bits per heavy atom. The van der Waals surface area contributed by atoms with Gasteiger partial charge < -0.3 is 9.47 Å². The summed E-state index contributed by atoms with van der Waals surface area (Å²) < 4.78 is 35.7. The Morgan fingerprint density at radius 2 is 1.90 bits per heavy atom. The zero-order valence-corrected chi connectivity index (χ0v) is 18.9. The van der Waals surface area contributed by atoms with Gasteiger partial charge in [-0.15, -0.1) is 0 Å². The van der Waals surface area contributed by atoms with Crippen LogP contribution in [0.3, 0.4) is 0 Å². The lowest BCUT2D eigenvalue weighted by Gasteiger charge is -2.12. The van der Waals surface area contributed by atoms with Crippen LogP contribution in [0.1, 0.15) is 42.9 Å².